The quantitative estimate of drug-likeness (QED) is 0.488. The van der Waals surface area contributed by atoms with Crippen molar-refractivity contribution in [1.82, 2.24) is 4.98 Å². The topological polar surface area (TPSA) is 39.2 Å². The van der Waals surface area contributed by atoms with E-state index in [1.807, 2.05) is 18.2 Å². The van der Waals surface area contributed by atoms with Gasteiger partial charge >= 0.3 is 0 Å². The van der Waals surface area contributed by atoms with Crippen LogP contribution >= 0.6 is 11.8 Å². The average molecular weight is 239 g/mol. The Morgan fingerprint density at radius 3 is 3.00 bits per heavy atom. The zero-order chi connectivity index (χ0) is 11.5. The lowest BCUT2D eigenvalue weighted by Gasteiger charge is -2.03. The standard InChI is InChI=1S/C12H17NO2S/c14-7-3-10-16-11-9-15-8-5-12-4-1-2-6-13-12/h1-2,4,6-7H,3,5,8-11H2. The van der Waals surface area contributed by atoms with Crippen molar-refractivity contribution in [3.8, 4) is 0 Å². The van der Waals surface area contributed by atoms with Gasteiger partial charge in [0, 0.05) is 30.5 Å². The summed E-state index contributed by atoms with van der Waals surface area (Å²) in [4.78, 5) is 14.3. The molecule has 16 heavy (non-hydrogen) atoms. The number of hydrogen-bond donors (Lipinski definition) is 0. The van der Waals surface area contributed by atoms with Gasteiger partial charge in [-0.2, -0.15) is 11.8 Å². The Bertz CT molecular complexity index is 280. The molecular weight excluding hydrogens is 222 g/mol. The van der Waals surface area contributed by atoms with Gasteiger partial charge in [0.2, 0.25) is 0 Å². The van der Waals surface area contributed by atoms with Crippen molar-refractivity contribution in [2.24, 2.45) is 0 Å². The fraction of sp³-hybridized carbons (Fsp3) is 0.500. The number of rotatable bonds is 9. The summed E-state index contributed by atoms with van der Waals surface area (Å²) in [5.41, 5.74) is 1.07. The van der Waals surface area contributed by atoms with Crippen LogP contribution in [0.1, 0.15) is 12.1 Å². The summed E-state index contributed by atoms with van der Waals surface area (Å²) >= 11 is 1.75. The van der Waals surface area contributed by atoms with Crippen molar-refractivity contribution in [1.29, 1.82) is 0 Å². The van der Waals surface area contributed by atoms with Crippen LogP contribution in [0, 0.1) is 0 Å². The number of carbonyl (C=O) groups excluding carboxylic acids is 1. The maximum atomic E-state index is 10.0. The summed E-state index contributed by atoms with van der Waals surface area (Å²) in [6.45, 7) is 1.46. The third-order valence-electron chi connectivity index (χ3n) is 1.98. The predicted molar refractivity (Wildman–Crippen MR) is 66.8 cm³/mol. The second kappa shape index (κ2) is 9.36. The van der Waals surface area contributed by atoms with Crippen molar-refractivity contribution in [2.45, 2.75) is 12.8 Å². The molecule has 0 N–H and O–H groups in total. The summed E-state index contributed by atoms with van der Waals surface area (Å²) in [6, 6.07) is 5.90. The number of hydrogen-bond acceptors (Lipinski definition) is 4. The third-order valence-corrected chi connectivity index (χ3v) is 2.96. The lowest BCUT2D eigenvalue weighted by Crippen LogP contribution is -2.03. The van der Waals surface area contributed by atoms with Crippen LogP contribution in [-0.2, 0) is 16.0 Å². The molecule has 3 nitrogen and oxygen atoms in total. The van der Waals surface area contributed by atoms with E-state index in [0.717, 1.165) is 36.5 Å². The fourth-order valence-corrected chi connectivity index (χ4v) is 1.88. The zero-order valence-corrected chi connectivity index (χ0v) is 10.1. The molecule has 1 rings (SSSR count). The summed E-state index contributed by atoms with van der Waals surface area (Å²) in [7, 11) is 0. The predicted octanol–water partition coefficient (Wildman–Crippen LogP) is 1.96. The highest BCUT2D eigenvalue weighted by atomic mass is 32.2. The first kappa shape index (κ1) is 13.2. The van der Waals surface area contributed by atoms with E-state index in [1.54, 1.807) is 18.0 Å². The van der Waals surface area contributed by atoms with E-state index in [4.69, 9.17) is 4.74 Å². The molecule has 0 unspecified atom stereocenters. The fourth-order valence-electron chi connectivity index (χ4n) is 1.18. The molecule has 0 aromatic carbocycles. The minimum absolute atomic E-state index is 0.638. The van der Waals surface area contributed by atoms with Crippen LogP contribution in [0.2, 0.25) is 0 Å². The largest absolute Gasteiger partial charge is 0.380 e. The molecule has 0 aliphatic rings. The van der Waals surface area contributed by atoms with Gasteiger partial charge in [0.15, 0.2) is 0 Å². The normalized spacial score (nSPS) is 10.2. The molecule has 0 atom stereocenters. The van der Waals surface area contributed by atoms with Crippen molar-refractivity contribution >= 4 is 18.0 Å². The van der Waals surface area contributed by atoms with Crippen LogP contribution in [0.3, 0.4) is 0 Å². The first-order valence-electron chi connectivity index (χ1n) is 5.42. The molecule has 0 amide bonds. The number of ether oxygens (including phenoxy) is 1. The summed E-state index contributed by atoms with van der Waals surface area (Å²) < 4.78 is 5.47. The van der Waals surface area contributed by atoms with E-state index >= 15 is 0 Å². The van der Waals surface area contributed by atoms with Crippen molar-refractivity contribution in [3.63, 3.8) is 0 Å². The summed E-state index contributed by atoms with van der Waals surface area (Å²) in [6.07, 6.45) is 4.25. The van der Waals surface area contributed by atoms with Gasteiger partial charge in [-0.25, -0.2) is 0 Å². The Morgan fingerprint density at radius 1 is 1.31 bits per heavy atom. The highest BCUT2D eigenvalue weighted by molar-refractivity contribution is 7.99. The number of aldehydes is 1. The highest BCUT2D eigenvalue weighted by Gasteiger charge is 1.94. The molecule has 0 radical (unpaired) electrons. The summed E-state index contributed by atoms with van der Waals surface area (Å²) in [5.74, 6) is 1.85. The van der Waals surface area contributed by atoms with Crippen LogP contribution in [0.5, 0.6) is 0 Å². The second-order valence-corrected chi connectivity index (χ2v) is 4.48. The van der Waals surface area contributed by atoms with Gasteiger partial charge in [-0.1, -0.05) is 6.07 Å². The third kappa shape index (κ3) is 6.58. The number of aromatic nitrogens is 1. The molecule has 1 aromatic rings. The molecule has 0 bridgehead atoms. The van der Waals surface area contributed by atoms with Crippen molar-refractivity contribution in [2.75, 3.05) is 24.7 Å². The van der Waals surface area contributed by atoms with Crippen LogP contribution < -0.4 is 0 Å². The molecule has 1 aromatic heterocycles. The molecular formula is C12H17NO2S. The van der Waals surface area contributed by atoms with E-state index < -0.39 is 0 Å². The minimum Gasteiger partial charge on any atom is -0.380 e. The molecule has 0 saturated heterocycles. The van der Waals surface area contributed by atoms with Crippen LogP contribution in [0.25, 0.3) is 0 Å². The zero-order valence-electron chi connectivity index (χ0n) is 9.30. The Morgan fingerprint density at radius 2 is 2.25 bits per heavy atom. The number of carbonyl (C=O) groups is 1. The van der Waals surface area contributed by atoms with Crippen LogP contribution in [0.15, 0.2) is 24.4 Å². The van der Waals surface area contributed by atoms with Crippen LogP contribution in [-0.4, -0.2) is 36.0 Å². The van der Waals surface area contributed by atoms with Gasteiger partial charge in [0.1, 0.15) is 6.29 Å². The number of pyridine rings is 1. The van der Waals surface area contributed by atoms with Crippen molar-refractivity contribution < 1.29 is 9.53 Å². The molecule has 0 spiro atoms. The van der Waals surface area contributed by atoms with Gasteiger partial charge in [0.25, 0.3) is 0 Å². The van der Waals surface area contributed by atoms with E-state index in [1.165, 1.54) is 0 Å². The van der Waals surface area contributed by atoms with Gasteiger partial charge < -0.3 is 9.53 Å². The Kier molecular flexibility index (Phi) is 7.72. The maximum Gasteiger partial charge on any atom is 0.120 e. The average Bonchev–Trinajstić information content (AvgIpc) is 2.34. The van der Waals surface area contributed by atoms with Gasteiger partial charge in [-0.15, -0.1) is 0 Å². The maximum absolute atomic E-state index is 10.0. The summed E-state index contributed by atoms with van der Waals surface area (Å²) in [5, 5.41) is 0. The van der Waals surface area contributed by atoms with Crippen molar-refractivity contribution in [3.05, 3.63) is 30.1 Å². The molecule has 0 fully saturated rings. The number of nitrogens with zero attached hydrogens (tertiary/aromatic N) is 1. The van der Waals surface area contributed by atoms with E-state index in [2.05, 4.69) is 4.98 Å². The van der Waals surface area contributed by atoms with Gasteiger partial charge in [-0.05, 0) is 17.9 Å². The smallest absolute Gasteiger partial charge is 0.120 e. The molecule has 0 saturated carbocycles. The second-order valence-electron chi connectivity index (χ2n) is 3.25. The Hall–Kier alpha value is -0.870. The molecule has 88 valence electrons. The molecule has 0 aliphatic heterocycles. The van der Waals surface area contributed by atoms with Crippen LogP contribution in [0.4, 0.5) is 0 Å². The van der Waals surface area contributed by atoms with Gasteiger partial charge in [-0.3, -0.25) is 4.98 Å². The van der Waals surface area contributed by atoms with Gasteiger partial charge in [0.05, 0.1) is 13.2 Å². The van der Waals surface area contributed by atoms with E-state index in [-0.39, 0.29) is 0 Å². The highest BCUT2D eigenvalue weighted by Crippen LogP contribution is 2.01. The first-order chi connectivity index (χ1) is 7.93. The SMILES string of the molecule is O=CCCSCCOCCc1ccccn1. The lowest BCUT2D eigenvalue weighted by atomic mass is 10.3. The molecule has 4 heteroatoms. The van der Waals surface area contributed by atoms with E-state index in [9.17, 15) is 4.79 Å². The first-order valence-corrected chi connectivity index (χ1v) is 6.58. The Labute approximate surface area is 101 Å². The minimum atomic E-state index is 0.638. The molecule has 0 aliphatic carbocycles. The van der Waals surface area contributed by atoms with E-state index in [0.29, 0.717) is 13.0 Å². The Balaban J connectivity index is 1.90. The molecule has 1 heterocycles. The number of thioether (sulfide) groups is 1. The lowest BCUT2D eigenvalue weighted by molar-refractivity contribution is -0.107. The monoisotopic (exact) mass is 239 g/mol.